The van der Waals surface area contributed by atoms with Gasteiger partial charge in [-0.15, -0.1) is 10.2 Å². The number of carbonyl (C=O) groups excluding carboxylic acids is 1. The lowest BCUT2D eigenvalue weighted by atomic mass is 10.1. The molecule has 2 N–H and O–H groups in total. The van der Waals surface area contributed by atoms with Crippen LogP contribution in [0.4, 0.5) is 0 Å². The first-order valence-electron chi connectivity index (χ1n) is 9.20. The zero-order valence-electron chi connectivity index (χ0n) is 16.4. The van der Waals surface area contributed by atoms with Gasteiger partial charge in [-0.2, -0.15) is 0 Å². The minimum Gasteiger partial charge on any atom is -0.357 e. The summed E-state index contributed by atoms with van der Waals surface area (Å²) in [6, 6.07) is 13.3. The smallest absolute Gasteiger partial charge is 0.253 e. The van der Waals surface area contributed by atoms with Crippen molar-refractivity contribution in [1.29, 1.82) is 0 Å². The van der Waals surface area contributed by atoms with Crippen LogP contribution in [0.5, 0.6) is 0 Å². The molecule has 0 aliphatic heterocycles. The van der Waals surface area contributed by atoms with Gasteiger partial charge in [0.05, 0.1) is 13.1 Å². The van der Waals surface area contributed by atoms with Crippen LogP contribution in [0.25, 0.3) is 5.65 Å². The van der Waals surface area contributed by atoms with Gasteiger partial charge in [-0.3, -0.25) is 9.20 Å². The predicted molar refractivity (Wildman–Crippen MR) is 109 cm³/mol. The zero-order valence-corrected chi connectivity index (χ0v) is 16.4. The average Bonchev–Trinajstić information content (AvgIpc) is 3.13. The van der Waals surface area contributed by atoms with Gasteiger partial charge >= 0.3 is 0 Å². The number of hydrogen-bond acceptors (Lipinski definition) is 4. The van der Waals surface area contributed by atoms with Crippen LogP contribution >= 0.6 is 0 Å². The Morgan fingerprint density at radius 3 is 2.61 bits per heavy atom. The third-order valence-corrected chi connectivity index (χ3v) is 4.17. The minimum atomic E-state index is -0.00871. The molecule has 0 saturated carbocycles. The van der Waals surface area contributed by atoms with E-state index in [0.29, 0.717) is 24.6 Å². The van der Waals surface area contributed by atoms with Gasteiger partial charge in [0.25, 0.3) is 5.91 Å². The van der Waals surface area contributed by atoms with Gasteiger partial charge in [0, 0.05) is 32.4 Å². The lowest BCUT2D eigenvalue weighted by Crippen LogP contribution is -2.37. The molecule has 2 aromatic heterocycles. The van der Waals surface area contributed by atoms with Crippen molar-refractivity contribution in [3.05, 3.63) is 65.6 Å². The maximum atomic E-state index is 12.0. The molecule has 1 aromatic carbocycles. The van der Waals surface area contributed by atoms with Crippen molar-refractivity contribution in [1.82, 2.24) is 30.1 Å². The molecule has 3 aromatic rings. The quantitative estimate of drug-likeness (QED) is 0.503. The molecule has 1 amide bonds. The highest BCUT2D eigenvalue weighted by Crippen LogP contribution is 2.08. The Morgan fingerprint density at radius 2 is 1.89 bits per heavy atom. The van der Waals surface area contributed by atoms with Crippen LogP contribution in [0, 0.1) is 0 Å². The fourth-order valence-corrected chi connectivity index (χ4v) is 2.70. The Labute approximate surface area is 164 Å². The average molecular weight is 379 g/mol. The number of guanidine groups is 1. The van der Waals surface area contributed by atoms with E-state index in [1.807, 2.05) is 60.0 Å². The highest BCUT2D eigenvalue weighted by atomic mass is 16.2. The molecule has 8 heteroatoms. The molecule has 28 heavy (non-hydrogen) atoms. The van der Waals surface area contributed by atoms with E-state index in [1.165, 1.54) is 0 Å². The number of nitrogens with one attached hydrogen (secondary N) is 2. The first-order valence-corrected chi connectivity index (χ1v) is 9.20. The second kappa shape index (κ2) is 8.98. The standard InChI is InChI=1S/C20H25N7O/c1-4-21-20(23-14-18-25-24-17-7-5-6-12-27(17)18)22-13-15-8-10-16(11-9-15)19(28)26(2)3/h5-12H,4,13-14H2,1-3H3,(H2,21,22,23). The number of aliphatic imine (C=N–C) groups is 1. The molecule has 0 unspecified atom stereocenters. The van der Waals surface area contributed by atoms with Crippen LogP contribution in [0.15, 0.2) is 53.7 Å². The molecule has 0 spiro atoms. The summed E-state index contributed by atoms with van der Waals surface area (Å²) in [5.41, 5.74) is 2.51. The summed E-state index contributed by atoms with van der Waals surface area (Å²) >= 11 is 0. The number of carbonyl (C=O) groups is 1. The summed E-state index contributed by atoms with van der Waals surface area (Å²) < 4.78 is 1.94. The highest BCUT2D eigenvalue weighted by molar-refractivity contribution is 5.93. The van der Waals surface area contributed by atoms with E-state index in [4.69, 9.17) is 0 Å². The van der Waals surface area contributed by atoms with Crippen molar-refractivity contribution in [3.8, 4) is 0 Å². The van der Waals surface area contributed by atoms with Crippen LogP contribution in [-0.4, -0.2) is 52.0 Å². The molecular weight excluding hydrogens is 354 g/mol. The number of fused-ring (bicyclic) bond motifs is 1. The van der Waals surface area contributed by atoms with E-state index in [2.05, 4.69) is 25.8 Å². The Balaban J connectivity index is 1.64. The molecule has 2 heterocycles. The van der Waals surface area contributed by atoms with Gasteiger partial charge in [0.1, 0.15) is 0 Å². The summed E-state index contributed by atoms with van der Waals surface area (Å²) in [4.78, 5) is 18.1. The van der Waals surface area contributed by atoms with Crippen molar-refractivity contribution in [2.45, 2.75) is 20.0 Å². The van der Waals surface area contributed by atoms with Gasteiger partial charge in [0.2, 0.25) is 0 Å². The van der Waals surface area contributed by atoms with Crippen molar-refractivity contribution in [3.63, 3.8) is 0 Å². The predicted octanol–water partition coefficient (Wildman–Crippen LogP) is 1.69. The van der Waals surface area contributed by atoms with E-state index < -0.39 is 0 Å². The molecule has 8 nitrogen and oxygen atoms in total. The van der Waals surface area contributed by atoms with Gasteiger partial charge < -0.3 is 15.5 Å². The maximum Gasteiger partial charge on any atom is 0.253 e. The zero-order chi connectivity index (χ0) is 19.9. The van der Waals surface area contributed by atoms with Crippen LogP contribution in [0.1, 0.15) is 28.7 Å². The molecule has 0 fully saturated rings. The Hall–Kier alpha value is -3.42. The van der Waals surface area contributed by atoms with Crippen molar-refractivity contribution < 1.29 is 4.79 Å². The summed E-state index contributed by atoms with van der Waals surface area (Å²) in [6.45, 7) is 3.79. The summed E-state index contributed by atoms with van der Waals surface area (Å²) in [5.74, 6) is 1.50. The first-order chi connectivity index (χ1) is 13.6. The monoisotopic (exact) mass is 379 g/mol. The topological polar surface area (TPSA) is 86.9 Å². The number of pyridine rings is 1. The third kappa shape index (κ3) is 4.64. The molecule has 3 rings (SSSR count). The second-order valence-electron chi connectivity index (χ2n) is 6.49. The summed E-state index contributed by atoms with van der Waals surface area (Å²) in [6.07, 6.45) is 1.94. The first kappa shape index (κ1) is 19.3. The lowest BCUT2D eigenvalue weighted by molar-refractivity contribution is 0.0827. The Kier molecular flexibility index (Phi) is 6.21. The van der Waals surface area contributed by atoms with Gasteiger partial charge in [-0.05, 0) is 36.8 Å². The van der Waals surface area contributed by atoms with E-state index in [-0.39, 0.29) is 5.91 Å². The minimum absolute atomic E-state index is 0.00871. The SMILES string of the molecule is CCNC(=NCc1ccc(C(=O)N(C)C)cc1)NCc1nnc2ccccn12. The maximum absolute atomic E-state index is 12.0. The highest BCUT2D eigenvalue weighted by Gasteiger charge is 2.08. The number of hydrogen-bond donors (Lipinski definition) is 2. The third-order valence-electron chi connectivity index (χ3n) is 4.17. The van der Waals surface area contributed by atoms with Crippen LogP contribution in [0.3, 0.4) is 0 Å². The van der Waals surface area contributed by atoms with Gasteiger partial charge in [0.15, 0.2) is 17.4 Å². The molecule has 146 valence electrons. The van der Waals surface area contributed by atoms with Gasteiger partial charge in [-0.1, -0.05) is 18.2 Å². The fraction of sp³-hybridized carbons (Fsp3) is 0.300. The van der Waals surface area contributed by atoms with Crippen LogP contribution < -0.4 is 10.6 Å². The molecule has 0 saturated heterocycles. The number of nitrogens with zero attached hydrogens (tertiary/aromatic N) is 5. The summed E-state index contributed by atoms with van der Waals surface area (Å²) in [5, 5.41) is 14.9. The largest absolute Gasteiger partial charge is 0.357 e. The van der Waals surface area contributed by atoms with E-state index in [1.54, 1.807) is 19.0 Å². The number of rotatable bonds is 6. The van der Waals surface area contributed by atoms with Crippen LogP contribution in [0.2, 0.25) is 0 Å². The second-order valence-corrected chi connectivity index (χ2v) is 6.49. The molecule has 0 aliphatic carbocycles. The lowest BCUT2D eigenvalue weighted by Gasteiger charge is -2.11. The van der Waals surface area contributed by atoms with Crippen molar-refractivity contribution in [2.24, 2.45) is 4.99 Å². The van der Waals surface area contributed by atoms with E-state index in [9.17, 15) is 4.79 Å². The van der Waals surface area contributed by atoms with E-state index >= 15 is 0 Å². The van der Waals surface area contributed by atoms with Crippen LogP contribution in [-0.2, 0) is 13.1 Å². The normalized spacial score (nSPS) is 11.5. The molecule has 0 radical (unpaired) electrons. The van der Waals surface area contributed by atoms with E-state index in [0.717, 1.165) is 23.6 Å². The molecule has 0 atom stereocenters. The molecular formula is C20H25N7O. The molecule has 0 aliphatic rings. The van der Waals surface area contributed by atoms with Gasteiger partial charge in [-0.25, -0.2) is 4.99 Å². The summed E-state index contributed by atoms with van der Waals surface area (Å²) in [7, 11) is 3.49. The van der Waals surface area contributed by atoms with Crippen molar-refractivity contribution in [2.75, 3.05) is 20.6 Å². The van der Waals surface area contributed by atoms with Crippen molar-refractivity contribution >= 4 is 17.5 Å². The number of amides is 1. The fourth-order valence-electron chi connectivity index (χ4n) is 2.70. The molecule has 0 bridgehead atoms. The Morgan fingerprint density at radius 1 is 1.11 bits per heavy atom. The number of benzene rings is 1. The Bertz CT molecular complexity index is 960. The number of aromatic nitrogens is 3.